The molecule has 1 aromatic carbocycles. The number of carbonyl (C=O) groups is 1. The molecule has 3 N–H and O–H groups in total. The summed E-state index contributed by atoms with van der Waals surface area (Å²) in [7, 11) is 0. The van der Waals surface area contributed by atoms with Crippen molar-refractivity contribution in [3.8, 4) is 5.75 Å². The predicted molar refractivity (Wildman–Crippen MR) is 89.8 cm³/mol. The molecular weight excluding hydrogens is 280 g/mol. The Morgan fingerprint density at radius 2 is 2.18 bits per heavy atom. The Morgan fingerprint density at radius 3 is 2.82 bits per heavy atom. The van der Waals surface area contributed by atoms with E-state index in [0.29, 0.717) is 31.2 Å². The third-order valence-electron chi connectivity index (χ3n) is 2.79. The SMILES string of the molecule is CCOCCCNC(=O)/C=C\c1ccc(OC(C)C)c(N)c1. The molecule has 0 aliphatic carbocycles. The van der Waals surface area contributed by atoms with Crippen LogP contribution in [0.25, 0.3) is 6.08 Å². The molecule has 5 nitrogen and oxygen atoms in total. The highest BCUT2D eigenvalue weighted by atomic mass is 16.5. The van der Waals surface area contributed by atoms with Crippen molar-refractivity contribution in [2.45, 2.75) is 33.3 Å². The lowest BCUT2D eigenvalue weighted by Gasteiger charge is -2.12. The van der Waals surface area contributed by atoms with Gasteiger partial charge in [-0.25, -0.2) is 0 Å². The Balaban J connectivity index is 2.45. The summed E-state index contributed by atoms with van der Waals surface area (Å²) in [4.78, 5) is 11.7. The highest BCUT2D eigenvalue weighted by molar-refractivity contribution is 5.91. The average Bonchev–Trinajstić information content (AvgIpc) is 2.47. The van der Waals surface area contributed by atoms with Gasteiger partial charge in [0.15, 0.2) is 0 Å². The molecule has 5 heteroatoms. The first kappa shape index (κ1) is 18.0. The fourth-order valence-electron chi connectivity index (χ4n) is 1.79. The van der Waals surface area contributed by atoms with Crippen LogP contribution in [-0.4, -0.2) is 31.8 Å². The molecule has 0 aliphatic rings. The maximum atomic E-state index is 11.7. The van der Waals surface area contributed by atoms with Gasteiger partial charge in [-0.2, -0.15) is 0 Å². The zero-order valence-electron chi connectivity index (χ0n) is 13.6. The molecule has 0 saturated heterocycles. The van der Waals surface area contributed by atoms with Gasteiger partial charge in [0, 0.05) is 25.8 Å². The molecule has 0 aliphatic heterocycles. The number of amides is 1. The van der Waals surface area contributed by atoms with E-state index in [1.807, 2.05) is 32.9 Å². The molecule has 0 atom stereocenters. The summed E-state index contributed by atoms with van der Waals surface area (Å²) in [6, 6.07) is 5.47. The van der Waals surface area contributed by atoms with Gasteiger partial charge in [-0.1, -0.05) is 6.07 Å². The summed E-state index contributed by atoms with van der Waals surface area (Å²) in [5.74, 6) is 0.533. The average molecular weight is 306 g/mol. The largest absolute Gasteiger partial charge is 0.489 e. The quantitative estimate of drug-likeness (QED) is 0.418. The van der Waals surface area contributed by atoms with Crippen molar-refractivity contribution in [1.29, 1.82) is 0 Å². The van der Waals surface area contributed by atoms with Crippen LogP contribution >= 0.6 is 0 Å². The Hall–Kier alpha value is -2.01. The van der Waals surface area contributed by atoms with Gasteiger partial charge in [0.1, 0.15) is 5.75 Å². The van der Waals surface area contributed by atoms with Gasteiger partial charge >= 0.3 is 0 Å². The predicted octanol–water partition coefficient (Wildman–Crippen LogP) is 2.61. The summed E-state index contributed by atoms with van der Waals surface area (Å²) in [6.45, 7) is 7.81. The van der Waals surface area contributed by atoms with Crippen molar-refractivity contribution < 1.29 is 14.3 Å². The van der Waals surface area contributed by atoms with Gasteiger partial charge in [0.2, 0.25) is 5.91 Å². The van der Waals surface area contributed by atoms with Crippen LogP contribution in [0.4, 0.5) is 5.69 Å². The second-order valence-corrected chi connectivity index (χ2v) is 5.14. The van der Waals surface area contributed by atoms with Crippen LogP contribution in [-0.2, 0) is 9.53 Å². The second-order valence-electron chi connectivity index (χ2n) is 5.14. The minimum atomic E-state index is -0.127. The lowest BCUT2D eigenvalue weighted by molar-refractivity contribution is -0.116. The van der Waals surface area contributed by atoms with Crippen LogP contribution in [0.1, 0.15) is 32.8 Å². The summed E-state index contributed by atoms with van der Waals surface area (Å²) in [6.07, 6.45) is 4.11. The van der Waals surface area contributed by atoms with Gasteiger partial charge in [0.25, 0.3) is 0 Å². The minimum Gasteiger partial charge on any atom is -0.489 e. The number of hydrogen-bond donors (Lipinski definition) is 2. The molecule has 0 heterocycles. The molecule has 0 aromatic heterocycles. The third-order valence-corrected chi connectivity index (χ3v) is 2.79. The second kappa shape index (κ2) is 9.84. The van der Waals surface area contributed by atoms with Crippen LogP contribution in [0, 0.1) is 0 Å². The Kier molecular flexibility index (Phi) is 8.07. The maximum Gasteiger partial charge on any atom is 0.244 e. The molecular formula is C17H26N2O3. The van der Waals surface area contributed by atoms with Crippen molar-refractivity contribution in [3.05, 3.63) is 29.8 Å². The van der Waals surface area contributed by atoms with Crippen LogP contribution in [0.2, 0.25) is 0 Å². The standard InChI is InChI=1S/C17H26N2O3/c1-4-21-11-5-10-19-17(20)9-7-14-6-8-16(15(18)12-14)22-13(2)3/h6-9,12-13H,4-5,10-11,18H2,1-3H3,(H,19,20)/b9-7-. The highest BCUT2D eigenvalue weighted by Gasteiger charge is 2.03. The molecule has 0 saturated carbocycles. The van der Waals surface area contributed by atoms with Gasteiger partial charge in [-0.05, 0) is 51.0 Å². The first-order valence-corrected chi connectivity index (χ1v) is 7.62. The maximum absolute atomic E-state index is 11.7. The Labute approximate surface area is 132 Å². The van der Waals surface area contributed by atoms with E-state index in [1.54, 1.807) is 12.1 Å². The molecule has 1 amide bonds. The minimum absolute atomic E-state index is 0.0751. The van der Waals surface area contributed by atoms with E-state index < -0.39 is 0 Å². The summed E-state index contributed by atoms with van der Waals surface area (Å²) >= 11 is 0. The number of hydrogen-bond acceptors (Lipinski definition) is 4. The topological polar surface area (TPSA) is 73.6 Å². The number of nitrogen functional groups attached to an aromatic ring is 1. The Bertz CT molecular complexity index is 499. The van der Waals surface area contributed by atoms with E-state index in [2.05, 4.69) is 5.32 Å². The lowest BCUT2D eigenvalue weighted by atomic mass is 10.1. The third kappa shape index (κ3) is 7.13. The number of anilines is 1. The van der Waals surface area contributed by atoms with E-state index in [1.165, 1.54) is 6.08 Å². The molecule has 0 unspecified atom stereocenters. The van der Waals surface area contributed by atoms with Crippen LogP contribution in [0.15, 0.2) is 24.3 Å². The van der Waals surface area contributed by atoms with E-state index in [4.69, 9.17) is 15.2 Å². The van der Waals surface area contributed by atoms with Crippen LogP contribution in [0.3, 0.4) is 0 Å². The van der Waals surface area contributed by atoms with Crippen LogP contribution in [0.5, 0.6) is 5.75 Å². The number of benzene rings is 1. The molecule has 122 valence electrons. The fraction of sp³-hybridized carbons (Fsp3) is 0.471. The number of carbonyl (C=O) groups excluding carboxylic acids is 1. The smallest absolute Gasteiger partial charge is 0.244 e. The molecule has 22 heavy (non-hydrogen) atoms. The number of nitrogens with two attached hydrogens (primary N) is 1. The molecule has 1 rings (SSSR count). The number of rotatable bonds is 9. The molecule has 1 aromatic rings. The summed E-state index contributed by atoms with van der Waals surface area (Å²) in [5.41, 5.74) is 7.35. The number of nitrogens with one attached hydrogen (secondary N) is 1. The van der Waals surface area contributed by atoms with Gasteiger partial charge < -0.3 is 20.5 Å². The normalized spacial score (nSPS) is 11.1. The summed E-state index contributed by atoms with van der Waals surface area (Å²) in [5, 5.41) is 2.80. The first-order chi connectivity index (χ1) is 10.5. The van der Waals surface area contributed by atoms with Crippen molar-refractivity contribution in [2.24, 2.45) is 0 Å². The highest BCUT2D eigenvalue weighted by Crippen LogP contribution is 2.24. The molecule has 0 bridgehead atoms. The number of ether oxygens (including phenoxy) is 2. The van der Waals surface area contributed by atoms with E-state index >= 15 is 0 Å². The fourth-order valence-corrected chi connectivity index (χ4v) is 1.79. The molecule has 0 radical (unpaired) electrons. The van der Waals surface area contributed by atoms with E-state index in [-0.39, 0.29) is 12.0 Å². The van der Waals surface area contributed by atoms with Crippen molar-refractivity contribution in [1.82, 2.24) is 5.32 Å². The molecule has 0 spiro atoms. The zero-order chi connectivity index (χ0) is 16.4. The van der Waals surface area contributed by atoms with Crippen LogP contribution < -0.4 is 15.8 Å². The van der Waals surface area contributed by atoms with Crippen molar-refractivity contribution in [3.63, 3.8) is 0 Å². The molecule has 0 fully saturated rings. The van der Waals surface area contributed by atoms with Gasteiger partial charge in [-0.3, -0.25) is 4.79 Å². The van der Waals surface area contributed by atoms with Crippen molar-refractivity contribution in [2.75, 3.05) is 25.5 Å². The van der Waals surface area contributed by atoms with E-state index in [0.717, 1.165) is 12.0 Å². The van der Waals surface area contributed by atoms with Gasteiger partial charge in [-0.15, -0.1) is 0 Å². The van der Waals surface area contributed by atoms with Crippen molar-refractivity contribution >= 4 is 17.7 Å². The Morgan fingerprint density at radius 1 is 1.41 bits per heavy atom. The summed E-state index contributed by atoms with van der Waals surface area (Å²) < 4.78 is 10.8. The lowest BCUT2D eigenvalue weighted by Crippen LogP contribution is -2.23. The van der Waals surface area contributed by atoms with Gasteiger partial charge in [0.05, 0.1) is 11.8 Å². The van der Waals surface area contributed by atoms with E-state index in [9.17, 15) is 4.79 Å². The first-order valence-electron chi connectivity index (χ1n) is 7.62. The monoisotopic (exact) mass is 306 g/mol. The zero-order valence-corrected chi connectivity index (χ0v) is 13.6.